The monoisotopic (exact) mass is 465 g/mol. The number of halogens is 3. The van der Waals surface area contributed by atoms with E-state index >= 15 is 0 Å². The average Bonchev–Trinajstić information content (AvgIpc) is 3.13. The van der Waals surface area contributed by atoms with Crippen molar-refractivity contribution in [2.24, 2.45) is 0 Å². The van der Waals surface area contributed by atoms with Gasteiger partial charge in [-0.25, -0.2) is 9.97 Å². The largest absolute Gasteiger partial charge is 0.508 e. The van der Waals surface area contributed by atoms with Crippen LogP contribution in [0.2, 0.25) is 15.1 Å². The summed E-state index contributed by atoms with van der Waals surface area (Å²) in [5.41, 5.74) is 4.84. The van der Waals surface area contributed by atoms with Crippen LogP contribution in [0.5, 0.6) is 5.75 Å². The van der Waals surface area contributed by atoms with Crippen molar-refractivity contribution in [2.45, 2.75) is 0 Å². The minimum atomic E-state index is 0.186. The lowest BCUT2D eigenvalue weighted by atomic mass is 10.0. The molecular weight excluding hydrogens is 453 g/mol. The van der Waals surface area contributed by atoms with Crippen molar-refractivity contribution in [3.63, 3.8) is 0 Å². The van der Waals surface area contributed by atoms with E-state index in [4.69, 9.17) is 39.8 Å². The van der Waals surface area contributed by atoms with E-state index in [1.54, 1.807) is 36.5 Å². The number of phenols is 1. The molecule has 0 aliphatic heterocycles. The first-order valence-corrected chi connectivity index (χ1v) is 10.5. The van der Waals surface area contributed by atoms with Gasteiger partial charge in [-0.05, 0) is 48.0 Å². The summed E-state index contributed by atoms with van der Waals surface area (Å²) in [6.45, 7) is 0. The van der Waals surface area contributed by atoms with Crippen molar-refractivity contribution < 1.29 is 5.11 Å². The zero-order valence-corrected chi connectivity index (χ0v) is 18.2. The Hall–Kier alpha value is -3.05. The molecule has 0 amide bonds. The fourth-order valence-corrected chi connectivity index (χ4v) is 4.14. The van der Waals surface area contributed by atoms with E-state index in [2.05, 4.69) is 4.98 Å². The molecule has 0 saturated heterocycles. The molecule has 3 aromatic carbocycles. The van der Waals surface area contributed by atoms with E-state index in [1.807, 2.05) is 47.0 Å². The number of imidazole rings is 1. The lowest BCUT2D eigenvalue weighted by Gasteiger charge is -2.09. The Labute approximate surface area is 193 Å². The van der Waals surface area contributed by atoms with Gasteiger partial charge in [0, 0.05) is 39.1 Å². The van der Waals surface area contributed by atoms with Crippen molar-refractivity contribution >= 4 is 40.6 Å². The van der Waals surface area contributed by atoms with Crippen molar-refractivity contribution in [3.8, 4) is 39.4 Å². The molecule has 31 heavy (non-hydrogen) atoms. The number of aromatic hydroxyl groups is 1. The van der Waals surface area contributed by atoms with Crippen molar-refractivity contribution in [1.29, 1.82) is 0 Å². The zero-order valence-electron chi connectivity index (χ0n) is 15.9. The summed E-state index contributed by atoms with van der Waals surface area (Å²) >= 11 is 18.8. The molecule has 5 aromatic rings. The number of benzene rings is 3. The van der Waals surface area contributed by atoms with Crippen LogP contribution in [0, 0.1) is 0 Å². The normalized spacial score (nSPS) is 11.2. The summed E-state index contributed by atoms with van der Waals surface area (Å²) in [4.78, 5) is 9.33. The van der Waals surface area contributed by atoms with Gasteiger partial charge in [0.2, 0.25) is 5.78 Å². The van der Waals surface area contributed by atoms with Crippen molar-refractivity contribution in [2.75, 3.05) is 0 Å². The maximum absolute atomic E-state index is 9.88. The van der Waals surface area contributed by atoms with Gasteiger partial charge in [0.25, 0.3) is 0 Å². The maximum atomic E-state index is 9.88. The predicted octanol–water partition coefficient (Wildman–Crippen LogP) is 7.40. The number of nitrogens with zero attached hydrogens (tertiary/aromatic N) is 3. The molecule has 0 radical (unpaired) electrons. The Kier molecular flexibility index (Phi) is 5.06. The molecule has 0 aliphatic rings. The van der Waals surface area contributed by atoms with Crippen LogP contribution in [0.4, 0.5) is 0 Å². The topological polar surface area (TPSA) is 50.4 Å². The van der Waals surface area contributed by atoms with Crippen molar-refractivity contribution in [1.82, 2.24) is 14.4 Å². The molecule has 2 heterocycles. The highest BCUT2D eigenvalue weighted by atomic mass is 35.5. The van der Waals surface area contributed by atoms with E-state index < -0.39 is 0 Å². The molecular formula is C24H14Cl3N3O. The first-order chi connectivity index (χ1) is 15.0. The molecule has 152 valence electrons. The SMILES string of the molecule is Oc1cccc(-c2cnc3nc(-c4ccc(Cl)cc4)c(-c4ccc(Cl)cc4Cl)n3c2)c1. The predicted molar refractivity (Wildman–Crippen MR) is 126 cm³/mol. The van der Waals surface area contributed by atoms with Gasteiger partial charge in [-0.3, -0.25) is 4.40 Å². The second kappa shape index (κ2) is 7.89. The minimum Gasteiger partial charge on any atom is -0.508 e. The first kappa shape index (κ1) is 19.9. The number of hydrogen-bond acceptors (Lipinski definition) is 3. The summed E-state index contributed by atoms with van der Waals surface area (Å²) < 4.78 is 1.90. The third-order valence-corrected chi connectivity index (χ3v) is 5.76. The third kappa shape index (κ3) is 3.74. The van der Waals surface area contributed by atoms with E-state index in [0.717, 1.165) is 33.6 Å². The Balaban J connectivity index is 1.81. The van der Waals surface area contributed by atoms with Gasteiger partial charge in [-0.2, -0.15) is 0 Å². The first-order valence-electron chi connectivity index (χ1n) is 9.38. The summed E-state index contributed by atoms with van der Waals surface area (Å²) in [5, 5.41) is 11.6. The van der Waals surface area contributed by atoms with Crippen LogP contribution in [-0.2, 0) is 0 Å². The third-order valence-electron chi connectivity index (χ3n) is 4.96. The highest BCUT2D eigenvalue weighted by Gasteiger charge is 2.20. The van der Waals surface area contributed by atoms with Gasteiger partial charge in [-0.15, -0.1) is 0 Å². The fraction of sp³-hybridized carbons (Fsp3) is 0. The lowest BCUT2D eigenvalue weighted by molar-refractivity contribution is 0.475. The molecule has 0 aliphatic carbocycles. The maximum Gasteiger partial charge on any atom is 0.234 e. The van der Waals surface area contributed by atoms with Crippen LogP contribution in [0.15, 0.2) is 79.1 Å². The van der Waals surface area contributed by atoms with Crippen LogP contribution in [0.25, 0.3) is 39.4 Å². The molecule has 0 atom stereocenters. The lowest BCUT2D eigenvalue weighted by Crippen LogP contribution is -1.94. The van der Waals surface area contributed by atoms with Gasteiger partial charge in [0.1, 0.15) is 5.75 Å². The zero-order chi connectivity index (χ0) is 21.5. The van der Waals surface area contributed by atoms with Gasteiger partial charge in [0.15, 0.2) is 0 Å². The average molecular weight is 467 g/mol. The number of rotatable bonds is 3. The molecule has 1 N–H and O–H groups in total. The van der Waals surface area contributed by atoms with Crippen LogP contribution in [0.1, 0.15) is 0 Å². The Morgan fingerprint density at radius 1 is 0.774 bits per heavy atom. The molecule has 7 heteroatoms. The molecule has 0 unspecified atom stereocenters. The smallest absolute Gasteiger partial charge is 0.234 e. The number of phenolic OH excluding ortho intramolecular Hbond substituents is 1. The van der Waals surface area contributed by atoms with Gasteiger partial charge in [-0.1, -0.05) is 59.1 Å². The second-order valence-electron chi connectivity index (χ2n) is 7.00. The van der Waals surface area contributed by atoms with E-state index in [-0.39, 0.29) is 5.75 Å². The van der Waals surface area contributed by atoms with Crippen molar-refractivity contribution in [3.05, 3.63) is 94.2 Å². The van der Waals surface area contributed by atoms with Crippen LogP contribution >= 0.6 is 34.8 Å². The fourth-order valence-electron chi connectivity index (χ4n) is 3.52. The standard InChI is InChI=1S/C24H14Cl3N3O/c25-17-6-4-14(5-7-17)22-23(20-9-8-18(26)11-21(20)27)30-13-16(12-28-24(30)29-22)15-2-1-3-19(31)10-15/h1-13,31H. The van der Waals surface area contributed by atoms with Crippen LogP contribution in [-0.4, -0.2) is 19.5 Å². The second-order valence-corrected chi connectivity index (χ2v) is 8.28. The molecule has 0 spiro atoms. The van der Waals surface area contributed by atoms with E-state index in [0.29, 0.717) is 20.8 Å². The minimum absolute atomic E-state index is 0.186. The highest BCUT2D eigenvalue weighted by Crippen LogP contribution is 2.38. The van der Waals surface area contributed by atoms with E-state index in [9.17, 15) is 5.11 Å². The molecule has 0 fully saturated rings. The van der Waals surface area contributed by atoms with Gasteiger partial charge in [0.05, 0.1) is 16.4 Å². The Bertz CT molecular complexity index is 1430. The summed E-state index contributed by atoms with van der Waals surface area (Å²) in [6, 6.07) is 19.8. The summed E-state index contributed by atoms with van der Waals surface area (Å²) in [5.74, 6) is 0.709. The van der Waals surface area contributed by atoms with E-state index in [1.165, 1.54) is 0 Å². The van der Waals surface area contributed by atoms with Gasteiger partial charge >= 0.3 is 0 Å². The number of aromatic nitrogens is 3. The summed E-state index contributed by atoms with van der Waals surface area (Å²) in [6.07, 6.45) is 3.67. The van der Waals surface area contributed by atoms with Crippen LogP contribution in [0.3, 0.4) is 0 Å². The highest BCUT2D eigenvalue weighted by molar-refractivity contribution is 6.36. The molecule has 0 bridgehead atoms. The molecule has 4 nitrogen and oxygen atoms in total. The van der Waals surface area contributed by atoms with Gasteiger partial charge < -0.3 is 5.11 Å². The number of hydrogen-bond donors (Lipinski definition) is 1. The van der Waals surface area contributed by atoms with Crippen LogP contribution < -0.4 is 0 Å². The Morgan fingerprint density at radius 2 is 1.55 bits per heavy atom. The summed E-state index contributed by atoms with van der Waals surface area (Å²) in [7, 11) is 0. The Morgan fingerprint density at radius 3 is 2.29 bits per heavy atom. The number of fused-ring (bicyclic) bond motifs is 1. The molecule has 0 saturated carbocycles. The quantitative estimate of drug-likeness (QED) is 0.301. The molecule has 2 aromatic heterocycles. The molecule has 5 rings (SSSR count).